The molecule has 2 rings (SSSR count). The van der Waals surface area contributed by atoms with Gasteiger partial charge in [-0.3, -0.25) is 0 Å². The molecule has 0 spiro atoms. The summed E-state index contributed by atoms with van der Waals surface area (Å²) < 4.78 is 0. The summed E-state index contributed by atoms with van der Waals surface area (Å²) in [6.45, 7) is 5.13. The van der Waals surface area contributed by atoms with E-state index < -0.39 is 0 Å². The highest BCUT2D eigenvalue weighted by Gasteiger charge is 2.10. The normalized spacial score (nSPS) is 19.4. The van der Waals surface area contributed by atoms with Crippen molar-refractivity contribution < 1.29 is 5.11 Å². The van der Waals surface area contributed by atoms with Crippen LogP contribution in [0.1, 0.15) is 11.0 Å². The average molecular weight is 272 g/mol. The van der Waals surface area contributed by atoms with Gasteiger partial charge in [0.05, 0.1) is 0 Å². The van der Waals surface area contributed by atoms with E-state index in [-0.39, 0.29) is 6.10 Å². The standard InChI is InChI=1S/C12H20N2OS2/c15-11(12-2-1-7-17-12)10-13-3-4-14-5-8-16-9-6-14/h1-2,7,11,13,15H,3-6,8-10H2. The molecule has 1 aromatic heterocycles. The molecule has 96 valence electrons. The van der Waals surface area contributed by atoms with Crippen molar-refractivity contribution >= 4 is 23.1 Å². The second kappa shape index (κ2) is 7.38. The lowest BCUT2D eigenvalue weighted by atomic mass is 10.3. The first-order valence-electron chi connectivity index (χ1n) is 6.08. The van der Waals surface area contributed by atoms with Crippen LogP contribution in [0.25, 0.3) is 0 Å². The van der Waals surface area contributed by atoms with Gasteiger partial charge < -0.3 is 15.3 Å². The first-order chi connectivity index (χ1) is 8.36. The number of rotatable bonds is 6. The molecule has 0 amide bonds. The van der Waals surface area contributed by atoms with Gasteiger partial charge >= 0.3 is 0 Å². The fourth-order valence-corrected chi connectivity index (χ4v) is 3.57. The Kier molecular flexibility index (Phi) is 5.80. The van der Waals surface area contributed by atoms with E-state index in [1.807, 2.05) is 29.3 Å². The summed E-state index contributed by atoms with van der Waals surface area (Å²) in [5, 5.41) is 15.2. The molecule has 5 heteroatoms. The van der Waals surface area contributed by atoms with Crippen LogP contribution in [0.5, 0.6) is 0 Å². The molecule has 0 saturated carbocycles. The Morgan fingerprint density at radius 3 is 2.94 bits per heavy atom. The van der Waals surface area contributed by atoms with Gasteiger partial charge in [0.15, 0.2) is 0 Å². The predicted molar refractivity (Wildman–Crippen MR) is 75.9 cm³/mol. The highest BCUT2D eigenvalue weighted by Crippen LogP contribution is 2.17. The van der Waals surface area contributed by atoms with E-state index in [1.54, 1.807) is 11.3 Å². The SMILES string of the molecule is OC(CNCCN1CCSCC1)c1cccs1. The number of aliphatic hydroxyl groups is 1. The predicted octanol–water partition coefficient (Wildman–Crippen LogP) is 1.42. The lowest BCUT2D eigenvalue weighted by Crippen LogP contribution is -2.38. The lowest BCUT2D eigenvalue weighted by Gasteiger charge is -2.26. The molecular weight excluding hydrogens is 252 g/mol. The smallest absolute Gasteiger partial charge is 0.101 e. The maximum atomic E-state index is 9.88. The Morgan fingerprint density at radius 1 is 1.41 bits per heavy atom. The highest BCUT2D eigenvalue weighted by molar-refractivity contribution is 7.99. The van der Waals surface area contributed by atoms with Crippen LogP contribution < -0.4 is 5.32 Å². The van der Waals surface area contributed by atoms with Crippen molar-refractivity contribution in [1.82, 2.24) is 10.2 Å². The molecule has 0 radical (unpaired) electrons. The number of thioether (sulfide) groups is 1. The molecule has 0 aliphatic carbocycles. The van der Waals surface area contributed by atoms with Crippen molar-refractivity contribution in [3.8, 4) is 0 Å². The quantitative estimate of drug-likeness (QED) is 0.768. The van der Waals surface area contributed by atoms with Crippen molar-refractivity contribution in [2.75, 3.05) is 44.2 Å². The minimum absolute atomic E-state index is 0.355. The molecule has 0 aromatic carbocycles. The van der Waals surface area contributed by atoms with Gasteiger partial charge in [-0.1, -0.05) is 6.07 Å². The molecule has 1 saturated heterocycles. The number of thiophene rings is 1. The van der Waals surface area contributed by atoms with Crippen molar-refractivity contribution in [3.05, 3.63) is 22.4 Å². The van der Waals surface area contributed by atoms with Crippen molar-refractivity contribution in [2.24, 2.45) is 0 Å². The van der Waals surface area contributed by atoms with Crippen LogP contribution in [0.15, 0.2) is 17.5 Å². The van der Waals surface area contributed by atoms with E-state index in [0.717, 1.165) is 18.0 Å². The number of hydrogen-bond donors (Lipinski definition) is 2. The third-order valence-electron chi connectivity index (χ3n) is 2.92. The zero-order valence-electron chi connectivity index (χ0n) is 9.97. The Balaban J connectivity index is 1.56. The van der Waals surface area contributed by atoms with Crippen LogP contribution in [0.3, 0.4) is 0 Å². The van der Waals surface area contributed by atoms with Gasteiger partial charge in [0.25, 0.3) is 0 Å². The molecule has 17 heavy (non-hydrogen) atoms. The number of nitrogens with zero attached hydrogens (tertiary/aromatic N) is 1. The molecule has 3 nitrogen and oxygen atoms in total. The van der Waals surface area contributed by atoms with Crippen molar-refractivity contribution in [2.45, 2.75) is 6.10 Å². The van der Waals surface area contributed by atoms with E-state index in [2.05, 4.69) is 10.2 Å². The van der Waals surface area contributed by atoms with Crippen LogP contribution in [-0.4, -0.2) is 54.2 Å². The van der Waals surface area contributed by atoms with E-state index in [4.69, 9.17) is 0 Å². The van der Waals surface area contributed by atoms with Gasteiger partial charge in [0, 0.05) is 49.1 Å². The molecule has 1 fully saturated rings. The van der Waals surface area contributed by atoms with Crippen LogP contribution in [0.2, 0.25) is 0 Å². The molecule has 1 aliphatic rings. The van der Waals surface area contributed by atoms with Gasteiger partial charge in [0.2, 0.25) is 0 Å². The zero-order chi connectivity index (χ0) is 11.9. The van der Waals surface area contributed by atoms with Gasteiger partial charge in [0.1, 0.15) is 6.10 Å². The van der Waals surface area contributed by atoms with Gasteiger partial charge in [-0.05, 0) is 11.4 Å². The molecule has 1 unspecified atom stereocenters. The summed E-state index contributed by atoms with van der Waals surface area (Å²) in [5.41, 5.74) is 0. The van der Waals surface area contributed by atoms with E-state index in [1.165, 1.54) is 24.6 Å². The summed E-state index contributed by atoms with van der Waals surface area (Å²) in [7, 11) is 0. The largest absolute Gasteiger partial charge is 0.386 e. The Labute approximate surface area is 111 Å². The Morgan fingerprint density at radius 2 is 2.24 bits per heavy atom. The van der Waals surface area contributed by atoms with Crippen LogP contribution in [0, 0.1) is 0 Å². The molecule has 1 aromatic rings. The second-order valence-electron chi connectivity index (χ2n) is 4.19. The lowest BCUT2D eigenvalue weighted by molar-refractivity contribution is 0.176. The molecular formula is C12H20N2OS2. The number of aliphatic hydroxyl groups excluding tert-OH is 1. The summed E-state index contributed by atoms with van der Waals surface area (Å²) in [6.07, 6.45) is -0.355. The summed E-state index contributed by atoms with van der Waals surface area (Å²) in [6, 6.07) is 3.97. The van der Waals surface area contributed by atoms with Gasteiger partial charge in [-0.15, -0.1) is 11.3 Å². The molecule has 2 heterocycles. The molecule has 0 bridgehead atoms. The first kappa shape index (κ1) is 13.4. The van der Waals surface area contributed by atoms with Crippen molar-refractivity contribution in [1.29, 1.82) is 0 Å². The van der Waals surface area contributed by atoms with Crippen LogP contribution >= 0.6 is 23.1 Å². The Bertz CT molecular complexity index is 299. The van der Waals surface area contributed by atoms with Crippen LogP contribution in [0.4, 0.5) is 0 Å². The fraction of sp³-hybridized carbons (Fsp3) is 0.667. The minimum atomic E-state index is -0.355. The molecule has 1 atom stereocenters. The fourth-order valence-electron chi connectivity index (χ4n) is 1.88. The van der Waals surface area contributed by atoms with Gasteiger partial charge in [-0.25, -0.2) is 0 Å². The molecule has 1 aliphatic heterocycles. The van der Waals surface area contributed by atoms with E-state index in [9.17, 15) is 5.11 Å². The second-order valence-corrected chi connectivity index (χ2v) is 6.39. The maximum absolute atomic E-state index is 9.88. The average Bonchev–Trinajstić information content (AvgIpc) is 2.89. The Hall–Kier alpha value is -0.0700. The highest BCUT2D eigenvalue weighted by atomic mass is 32.2. The monoisotopic (exact) mass is 272 g/mol. The number of nitrogens with one attached hydrogen (secondary N) is 1. The maximum Gasteiger partial charge on any atom is 0.101 e. The minimum Gasteiger partial charge on any atom is -0.386 e. The van der Waals surface area contributed by atoms with E-state index in [0.29, 0.717) is 6.54 Å². The third kappa shape index (κ3) is 4.60. The topological polar surface area (TPSA) is 35.5 Å². The van der Waals surface area contributed by atoms with Crippen molar-refractivity contribution in [3.63, 3.8) is 0 Å². The zero-order valence-corrected chi connectivity index (χ0v) is 11.6. The molecule has 2 N–H and O–H groups in total. The summed E-state index contributed by atoms with van der Waals surface area (Å²) >= 11 is 3.65. The first-order valence-corrected chi connectivity index (χ1v) is 8.12. The number of hydrogen-bond acceptors (Lipinski definition) is 5. The van der Waals surface area contributed by atoms with Crippen LogP contribution in [-0.2, 0) is 0 Å². The van der Waals surface area contributed by atoms with Gasteiger partial charge in [-0.2, -0.15) is 11.8 Å². The van der Waals surface area contributed by atoms with E-state index >= 15 is 0 Å². The summed E-state index contributed by atoms with van der Waals surface area (Å²) in [5.74, 6) is 2.52. The summed E-state index contributed by atoms with van der Waals surface area (Å²) in [4.78, 5) is 3.54. The third-order valence-corrected chi connectivity index (χ3v) is 4.83.